The van der Waals surface area contributed by atoms with E-state index in [1.54, 1.807) is 6.92 Å². The number of aromatic hydroxyl groups is 1. The number of fused-ring (bicyclic) bond motifs is 1. The first-order valence-corrected chi connectivity index (χ1v) is 4.70. The molecule has 0 amide bonds. The number of hydrogen-bond donors (Lipinski definition) is 1. The monoisotopic (exact) mass is 211 g/mol. The molecule has 1 heterocycles. The summed E-state index contributed by atoms with van der Waals surface area (Å²) in [6, 6.07) is 2.55. The lowest BCUT2D eigenvalue weighted by Crippen LogP contribution is -1.77. The predicted molar refractivity (Wildman–Crippen MR) is 53.6 cm³/mol. The molecule has 0 spiro atoms. The van der Waals surface area contributed by atoms with E-state index in [0.717, 1.165) is 11.3 Å². The topological polar surface area (TPSA) is 49.7 Å². The first-order valence-electron chi connectivity index (χ1n) is 3.88. The molecule has 5 heteroatoms. The smallest absolute Gasteiger partial charge is 0.203 e. The van der Waals surface area contributed by atoms with Gasteiger partial charge in [0.05, 0.1) is 0 Å². The molecule has 0 aliphatic rings. The van der Waals surface area contributed by atoms with Crippen LogP contribution in [0.15, 0.2) is 17.3 Å². The largest absolute Gasteiger partial charge is 0.504 e. The van der Waals surface area contributed by atoms with E-state index in [-0.39, 0.29) is 10.8 Å². The molecule has 1 aromatic carbocycles. The van der Waals surface area contributed by atoms with Gasteiger partial charge in [0.25, 0.3) is 0 Å². The van der Waals surface area contributed by atoms with Crippen LogP contribution in [0.1, 0.15) is 5.56 Å². The highest BCUT2D eigenvalue weighted by Crippen LogP contribution is 2.44. The molecule has 0 aliphatic carbocycles. The molecule has 0 saturated carbocycles. The fraction of sp³-hybridized carbons (Fsp3) is 0.111. The third kappa shape index (κ3) is 1.17. The number of halogens is 1. The Bertz CT molecular complexity index is 521. The van der Waals surface area contributed by atoms with Crippen LogP contribution in [0.3, 0.4) is 0 Å². The fourth-order valence-electron chi connectivity index (χ4n) is 1.36. The Morgan fingerprint density at radius 1 is 1.50 bits per heavy atom. The Kier molecular flexibility index (Phi) is 1.96. The second-order valence-electron chi connectivity index (χ2n) is 2.95. The van der Waals surface area contributed by atoms with Crippen molar-refractivity contribution in [2.24, 2.45) is 5.18 Å². The Morgan fingerprint density at radius 2 is 2.21 bits per heavy atom. The molecule has 1 N–H and O–H groups in total. The van der Waals surface area contributed by atoms with E-state index < -0.39 is 5.82 Å². The second-order valence-corrected chi connectivity index (χ2v) is 3.95. The maximum atomic E-state index is 13.0. The minimum atomic E-state index is -0.430. The van der Waals surface area contributed by atoms with Gasteiger partial charge in [-0.05, 0) is 29.8 Å². The first-order chi connectivity index (χ1) is 6.63. The molecule has 0 aliphatic heterocycles. The third-order valence-electron chi connectivity index (χ3n) is 1.98. The molecule has 3 nitrogen and oxygen atoms in total. The highest BCUT2D eigenvalue weighted by atomic mass is 32.1. The van der Waals surface area contributed by atoms with Crippen molar-refractivity contribution in [1.82, 2.24) is 0 Å². The van der Waals surface area contributed by atoms with Crippen LogP contribution in [0.4, 0.5) is 9.39 Å². The zero-order valence-electron chi connectivity index (χ0n) is 7.24. The Hall–Kier alpha value is -1.49. The minimum absolute atomic E-state index is 0.00583. The molecule has 0 unspecified atom stereocenters. The van der Waals surface area contributed by atoms with Gasteiger partial charge in [-0.15, -0.1) is 16.2 Å². The van der Waals surface area contributed by atoms with E-state index in [1.807, 2.05) is 0 Å². The molecule has 72 valence electrons. The SMILES string of the molecule is Cc1cc(F)cc2c(O)c(N=O)sc12. The molecular formula is C9H6FNO2S. The van der Waals surface area contributed by atoms with Crippen LogP contribution in [-0.2, 0) is 0 Å². The van der Waals surface area contributed by atoms with Crippen molar-refractivity contribution in [3.8, 4) is 5.75 Å². The highest BCUT2D eigenvalue weighted by Gasteiger charge is 2.14. The summed E-state index contributed by atoms with van der Waals surface area (Å²) in [4.78, 5) is 10.3. The summed E-state index contributed by atoms with van der Waals surface area (Å²) in [5, 5.41) is 12.5. The molecule has 2 rings (SSSR count). The predicted octanol–water partition coefficient (Wildman–Crippen LogP) is 3.45. The average Bonchev–Trinajstić information content (AvgIpc) is 2.44. The number of thiophene rings is 1. The molecular weight excluding hydrogens is 205 g/mol. The van der Waals surface area contributed by atoms with Gasteiger partial charge in [-0.1, -0.05) is 0 Å². The Labute approximate surface area is 82.8 Å². The second kappa shape index (κ2) is 3.02. The molecule has 1 aromatic heterocycles. The normalized spacial score (nSPS) is 10.7. The molecule has 0 atom stereocenters. The van der Waals surface area contributed by atoms with E-state index in [9.17, 15) is 14.4 Å². The average molecular weight is 211 g/mol. The van der Waals surface area contributed by atoms with E-state index >= 15 is 0 Å². The lowest BCUT2D eigenvalue weighted by Gasteiger charge is -1.95. The van der Waals surface area contributed by atoms with Gasteiger partial charge in [0.2, 0.25) is 5.00 Å². The van der Waals surface area contributed by atoms with Gasteiger partial charge < -0.3 is 5.11 Å². The van der Waals surface area contributed by atoms with Gasteiger partial charge in [0, 0.05) is 10.1 Å². The van der Waals surface area contributed by atoms with Crippen LogP contribution in [0, 0.1) is 17.6 Å². The summed E-state index contributed by atoms with van der Waals surface area (Å²) in [5.41, 5.74) is 0.690. The van der Waals surface area contributed by atoms with Gasteiger partial charge in [-0.3, -0.25) is 0 Å². The summed E-state index contributed by atoms with van der Waals surface area (Å²) in [7, 11) is 0. The molecule has 2 aromatic rings. The molecule has 0 bridgehead atoms. The van der Waals surface area contributed by atoms with Gasteiger partial charge in [-0.25, -0.2) is 4.39 Å². The van der Waals surface area contributed by atoms with E-state index in [2.05, 4.69) is 5.18 Å². The molecule has 14 heavy (non-hydrogen) atoms. The molecule has 0 radical (unpaired) electrons. The number of benzene rings is 1. The number of nitroso groups, excluding NO2 is 1. The van der Waals surface area contributed by atoms with Crippen LogP contribution in [0.25, 0.3) is 10.1 Å². The van der Waals surface area contributed by atoms with Crippen molar-refractivity contribution in [3.05, 3.63) is 28.4 Å². The van der Waals surface area contributed by atoms with Crippen molar-refractivity contribution in [1.29, 1.82) is 0 Å². The first kappa shape index (κ1) is 9.08. The van der Waals surface area contributed by atoms with Gasteiger partial charge >= 0.3 is 0 Å². The number of rotatable bonds is 1. The van der Waals surface area contributed by atoms with Gasteiger partial charge in [0.15, 0.2) is 5.75 Å². The zero-order chi connectivity index (χ0) is 10.3. The summed E-state index contributed by atoms with van der Waals surface area (Å²) < 4.78 is 13.7. The van der Waals surface area contributed by atoms with Crippen LogP contribution >= 0.6 is 11.3 Å². The van der Waals surface area contributed by atoms with E-state index in [1.165, 1.54) is 12.1 Å². The molecule has 0 saturated heterocycles. The van der Waals surface area contributed by atoms with Crippen LogP contribution in [0.5, 0.6) is 5.75 Å². The fourth-order valence-corrected chi connectivity index (χ4v) is 2.29. The van der Waals surface area contributed by atoms with Crippen molar-refractivity contribution in [3.63, 3.8) is 0 Å². The Balaban J connectivity index is 2.91. The Morgan fingerprint density at radius 3 is 2.86 bits per heavy atom. The quantitative estimate of drug-likeness (QED) is 0.734. The summed E-state index contributed by atoms with van der Waals surface area (Å²) >= 11 is 1.06. The van der Waals surface area contributed by atoms with Crippen molar-refractivity contribution in [2.45, 2.75) is 6.92 Å². The summed E-state index contributed by atoms with van der Waals surface area (Å²) in [5.74, 6) is -0.664. The zero-order valence-corrected chi connectivity index (χ0v) is 8.06. The lowest BCUT2D eigenvalue weighted by molar-refractivity contribution is 0.484. The summed E-state index contributed by atoms with van der Waals surface area (Å²) in [6.45, 7) is 1.72. The maximum absolute atomic E-state index is 13.0. The standard InChI is InChI=1S/C9H6FNO2S/c1-4-2-5(10)3-6-7(12)9(11-13)14-8(4)6/h2-3,12H,1H3. The number of nitrogens with zero attached hydrogens (tertiary/aromatic N) is 1. The number of hydrogen-bond acceptors (Lipinski definition) is 4. The van der Waals surface area contributed by atoms with Crippen LogP contribution < -0.4 is 0 Å². The van der Waals surface area contributed by atoms with Crippen molar-refractivity contribution < 1.29 is 9.50 Å². The number of aryl methyl sites for hydroxylation is 1. The molecule has 0 fully saturated rings. The van der Waals surface area contributed by atoms with E-state index in [0.29, 0.717) is 15.6 Å². The highest BCUT2D eigenvalue weighted by molar-refractivity contribution is 7.23. The van der Waals surface area contributed by atoms with Gasteiger partial charge in [0.1, 0.15) is 5.82 Å². The minimum Gasteiger partial charge on any atom is -0.504 e. The van der Waals surface area contributed by atoms with Crippen molar-refractivity contribution >= 4 is 26.4 Å². The van der Waals surface area contributed by atoms with Crippen LogP contribution in [-0.4, -0.2) is 5.11 Å². The van der Waals surface area contributed by atoms with Crippen LogP contribution in [0.2, 0.25) is 0 Å². The van der Waals surface area contributed by atoms with E-state index in [4.69, 9.17) is 0 Å². The maximum Gasteiger partial charge on any atom is 0.203 e. The summed E-state index contributed by atoms with van der Waals surface area (Å²) in [6.07, 6.45) is 0. The van der Waals surface area contributed by atoms with Gasteiger partial charge in [-0.2, -0.15) is 0 Å². The van der Waals surface area contributed by atoms with Crippen molar-refractivity contribution in [2.75, 3.05) is 0 Å². The third-order valence-corrected chi connectivity index (χ3v) is 3.19. The lowest BCUT2D eigenvalue weighted by atomic mass is 10.2.